The highest BCUT2D eigenvalue weighted by atomic mass is 127. The molecule has 0 radical (unpaired) electrons. The van der Waals surface area contributed by atoms with Gasteiger partial charge in [0.05, 0.1) is 7.91 Å². The van der Waals surface area contributed by atoms with E-state index in [9.17, 15) is 4.79 Å². The third-order valence-electron chi connectivity index (χ3n) is 2.65. The van der Waals surface area contributed by atoms with Crippen molar-refractivity contribution < 1.29 is 0 Å². The summed E-state index contributed by atoms with van der Waals surface area (Å²) in [5, 5.41) is 3.30. The molecule has 0 unspecified atom stereocenters. The fourth-order valence-corrected chi connectivity index (χ4v) is 3.15. The summed E-state index contributed by atoms with van der Waals surface area (Å²) >= 11 is 9.44. The quantitative estimate of drug-likeness (QED) is 0.610. The molecule has 2 aromatic heterocycles. The molecule has 0 atom stereocenters. The Hall–Kier alpha value is -0.440. The van der Waals surface area contributed by atoms with E-state index in [0.29, 0.717) is 10.1 Å². The van der Waals surface area contributed by atoms with Crippen molar-refractivity contribution in [3.8, 4) is 0 Å². The van der Waals surface area contributed by atoms with E-state index >= 15 is 0 Å². The van der Waals surface area contributed by atoms with Crippen molar-refractivity contribution in [3.63, 3.8) is 0 Å². The van der Waals surface area contributed by atoms with Gasteiger partial charge in [0, 0.05) is 30.7 Å². The second-order valence-corrected chi connectivity index (χ2v) is 6.95. The minimum Gasteiger partial charge on any atom is -0.310 e. The first kappa shape index (κ1) is 15.0. The van der Waals surface area contributed by atoms with Gasteiger partial charge < -0.3 is 5.32 Å². The van der Waals surface area contributed by atoms with Crippen LogP contribution in [0.3, 0.4) is 0 Å². The van der Waals surface area contributed by atoms with Crippen LogP contribution < -0.4 is 10.9 Å². The Labute approximate surface area is 134 Å². The van der Waals surface area contributed by atoms with E-state index in [4.69, 9.17) is 11.6 Å². The molecule has 102 valence electrons. The summed E-state index contributed by atoms with van der Waals surface area (Å²) in [5.41, 5.74) is 0.0223. The molecule has 2 aromatic rings. The molecule has 2 rings (SSSR count). The molecule has 7 heteroatoms. The van der Waals surface area contributed by atoms with E-state index in [1.165, 1.54) is 4.88 Å². The van der Waals surface area contributed by atoms with Crippen LogP contribution in [-0.2, 0) is 13.1 Å². The van der Waals surface area contributed by atoms with Crippen LogP contribution in [0.5, 0.6) is 0 Å². The minimum absolute atomic E-state index is 0.0223. The predicted molar refractivity (Wildman–Crippen MR) is 87.0 cm³/mol. The standard InChI is InChI=1S/C12H13ClIN3OS/c1-8-16-7-10(14)12(18)17(8)5-4-15-6-9-2-3-11(13)19-9/h2-3,7,15H,4-6H2,1H3. The number of aromatic nitrogens is 2. The second-order valence-electron chi connectivity index (χ2n) is 3.99. The molecule has 4 nitrogen and oxygen atoms in total. The Morgan fingerprint density at radius 1 is 1.53 bits per heavy atom. The Morgan fingerprint density at radius 2 is 2.32 bits per heavy atom. The predicted octanol–water partition coefficient (Wildman–Crippen LogP) is 2.66. The van der Waals surface area contributed by atoms with E-state index in [2.05, 4.69) is 10.3 Å². The van der Waals surface area contributed by atoms with Gasteiger partial charge in [-0.15, -0.1) is 11.3 Å². The van der Waals surface area contributed by atoms with Crippen LogP contribution in [0.2, 0.25) is 4.34 Å². The lowest BCUT2D eigenvalue weighted by atomic mass is 10.4. The molecule has 0 bridgehead atoms. The molecule has 0 spiro atoms. The van der Waals surface area contributed by atoms with Gasteiger partial charge in [-0.2, -0.15) is 0 Å². The molecule has 0 saturated heterocycles. The average Bonchev–Trinajstić information content (AvgIpc) is 2.79. The highest BCUT2D eigenvalue weighted by molar-refractivity contribution is 14.1. The molecule has 0 aromatic carbocycles. The summed E-state index contributed by atoms with van der Waals surface area (Å²) in [6.45, 7) is 3.95. The third-order valence-corrected chi connectivity index (χ3v) is 4.62. The van der Waals surface area contributed by atoms with Crippen LogP contribution in [0.1, 0.15) is 10.7 Å². The van der Waals surface area contributed by atoms with Crippen molar-refractivity contribution >= 4 is 45.5 Å². The van der Waals surface area contributed by atoms with E-state index in [-0.39, 0.29) is 5.56 Å². The van der Waals surface area contributed by atoms with E-state index in [0.717, 1.165) is 23.3 Å². The monoisotopic (exact) mass is 409 g/mol. The van der Waals surface area contributed by atoms with Crippen LogP contribution >= 0.6 is 45.5 Å². The molecule has 1 N–H and O–H groups in total. The van der Waals surface area contributed by atoms with Crippen LogP contribution in [0, 0.1) is 10.5 Å². The van der Waals surface area contributed by atoms with E-state index in [1.807, 2.05) is 41.6 Å². The summed E-state index contributed by atoms with van der Waals surface area (Å²) in [6.07, 6.45) is 1.61. The van der Waals surface area contributed by atoms with Gasteiger partial charge in [0.1, 0.15) is 5.82 Å². The van der Waals surface area contributed by atoms with Crippen molar-refractivity contribution in [1.82, 2.24) is 14.9 Å². The number of nitrogens with zero attached hydrogens (tertiary/aromatic N) is 2. The fraction of sp³-hybridized carbons (Fsp3) is 0.333. The SMILES string of the molecule is Cc1ncc(I)c(=O)n1CCNCc1ccc(Cl)s1. The molecular weight excluding hydrogens is 397 g/mol. The van der Waals surface area contributed by atoms with Gasteiger partial charge in [0.15, 0.2) is 0 Å². The van der Waals surface area contributed by atoms with E-state index < -0.39 is 0 Å². The van der Waals surface area contributed by atoms with E-state index in [1.54, 1.807) is 22.1 Å². The largest absolute Gasteiger partial charge is 0.310 e. The van der Waals surface area contributed by atoms with Gasteiger partial charge in [-0.05, 0) is 41.6 Å². The summed E-state index contributed by atoms with van der Waals surface area (Å²) in [7, 11) is 0. The maximum atomic E-state index is 11.9. The van der Waals surface area contributed by atoms with Gasteiger partial charge in [-0.1, -0.05) is 11.6 Å². The maximum absolute atomic E-state index is 11.9. The third kappa shape index (κ3) is 4.01. The Balaban J connectivity index is 1.89. The van der Waals surface area contributed by atoms with Crippen LogP contribution in [0.25, 0.3) is 0 Å². The summed E-state index contributed by atoms with van der Waals surface area (Å²) in [4.78, 5) is 17.3. The molecule has 2 heterocycles. The van der Waals surface area contributed by atoms with Crippen molar-refractivity contribution in [2.24, 2.45) is 0 Å². The summed E-state index contributed by atoms with van der Waals surface area (Å²) < 4.78 is 3.13. The first-order valence-corrected chi connectivity index (χ1v) is 8.02. The molecule has 0 fully saturated rings. The maximum Gasteiger partial charge on any atom is 0.266 e. The lowest BCUT2D eigenvalue weighted by molar-refractivity contribution is 0.565. The van der Waals surface area contributed by atoms with Crippen LogP contribution in [0.4, 0.5) is 0 Å². The zero-order chi connectivity index (χ0) is 13.8. The molecule has 0 aliphatic heterocycles. The summed E-state index contributed by atoms with van der Waals surface area (Å²) in [5.74, 6) is 0.742. The fourth-order valence-electron chi connectivity index (χ4n) is 1.66. The Kier molecular flexibility index (Phi) is 5.37. The summed E-state index contributed by atoms with van der Waals surface area (Å²) in [6, 6.07) is 3.89. The van der Waals surface area contributed by atoms with Crippen molar-refractivity contribution in [2.75, 3.05) is 6.54 Å². The molecule has 19 heavy (non-hydrogen) atoms. The van der Waals surface area contributed by atoms with Gasteiger partial charge >= 0.3 is 0 Å². The number of aryl methyl sites for hydroxylation is 1. The average molecular weight is 410 g/mol. The zero-order valence-corrected chi connectivity index (χ0v) is 14.1. The van der Waals surface area contributed by atoms with Crippen LogP contribution in [0.15, 0.2) is 23.1 Å². The molecule has 0 aliphatic carbocycles. The minimum atomic E-state index is 0.0223. The number of hydrogen-bond donors (Lipinski definition) is 1. The van der Waals surface area contributed by atoms with Crippen LogP contribution in [-0.4, -0.2) is 16.1 Å². The Bertz CT molecular complexity index is 626. The van der Waals surface area contributed by atoms with Crippen molar-refractivity contribution in [3.05, 3.63) is 47.3 Å². The molecule has 0 saturated carbocycles. The van der Waals surface area contributed by atoms with Crippen molar-refractivity contribution in [2.45, 2.75) is 20.0 Å². The van der Waals surface area contributed by atoms with Gasteiger partial charge in [-0.3, -0.25) is 9.36 Å². The number of hydrogen-bond acceptors (Lipinski definition) is 4. The zero-order valence-electron chi connectivity index (χ0n) is 10.3. The van der Waals surface area contributed by atoms with Gasteiger partial charge in [0.2, 0.25) is 0 Å². The normalized spacial score (nSPS) is 10.9. The number of halogens is 2. The van der Waals surface area contributed by atoms with Gasteiger partial charge in [-0.25, -0.2) is 4.98 Å². The molecular formula is C12H13ClIN3OS. The van der Waals surface area contributed by atoms with Crippen molar-refractivity contribution in [1.29, 1.82) is 0 Å². The topological polar surface area (TPSA) is 46.9 Å². The lowest BCUT2D eigenvalue weighted by Gasteiger charge is -2.09. The van der Waals surface area contributed by atoms with Gasteiger partial charge in [0.25, 0.3) is 5.56 Å². The second kappa shape index (κ2) is 6.83. The lowest BCUT2D eigenvalue weighted by Crippen LogP contribution is -2.30. The first-order chi connectivity index (χ1) is 9.08. The molecule has 0 aliphatic rings. The highest BCUT2D eigenvalue weighted by Crippen LogP contribution is 2.20. The number of nitrogens with one attached hydrogen (secondary N) is 1. The smallest absolute Gasteiger partial charge is 0.266 e. The number of rotatable bonds is 5. The Morgan fingerprint density at radius 3 is 3.00 bits per heavy atom. The highest BCUT2D eigenvalue weighted by Gasteiger charge is 2.04. The molecule has 0 amide bonds. The number of thiophene rings is 1. The first-order valence-electron chi connectivity index (χ1n) is 5.75.